The van der Waals surface area contributed by atoms with Crippen LogP contribution in [0.4, 0.5) is 0 Å². The van der Waals surface area contributed by atoms with E-state index in [2.05, 4.69) is 0 Å². The first-order chi connectivity index (χ1) is 13.1. The minimum atomic E-state index is -0.613. The maximum Gasteiger partial charge on any atom is 0.163 e. The van der Waals surface area contributed by atoms with Crippen LogP contribution in [0, 0.1) is 0 Å². The van der Waals surface area contributed by atoms with Gasteiger partial charge in [-0.2, -0.15) is 0 Å². The molecule has 160 valence electrons. The van der Waals surface area contributed by atoms with Crippen LogP contribution < -0.4 is 5.73 Å². The van der Waals surface area contributed by atoms with Crippen molar-refractivity contribution < 1.29 is 37.9 Å². The second-order valence-electron chi connectivity index (χ2n) is 6.91. The van der Waals surface area contributed by atoms with Crippen molar-refractivity contribution in [3.63, 3.8) is 0 Å². The number of hydrogen-bond acceptors (Lipinski definition) is 9. The van der Waals surface area contributed by atoms with E-state index < -0.39 is 5.79 Å². The summed E-state index contributed by atoms with van der Waals surface area (Å²) >= 11 is 0. The number of nitrogens with two attached hydrogens (primary N) is 1. The molecule has 2 heterocycles. The van der Waals surface area contributed by atoms with Gasteiger partial charge < -0.3 is 43.6 Å². The lowest BCUT2D eigenvalue weighted by molar-refractivity contribution is -0.233. The first kappa shape index (κ1) is 22.9. The van der Waals surface area contributed by atoms with Crippen molar-refractivity contribution in [2.75, 3.05) is 66.5 Å². The summed E-state index contributed by atoms with van der Waals surface area (Å²) < 4.78 is 44.9. The molecule has 0 aliphatic carbocycles. The third kappa shape index (κ3) is 8.26. The highest BCUT2D eigenvalue weighted by molar-refractivity contribution is 4.91. The Balaban J connectivity index is 1.52. The lowest BCUT2D eigenvalue weighted by atomic mass is 10.0. The molecule has 2 aliphatic heterocycles. The summed E-state index contributed by atoms with van der Waals surface area (Å²) in [5.74, 6) is -0.613. The van der Waals surface area contributed by atoms with Gasteiger partial charge in [0.2, 0.25) is 0 Å². The third-order valence-electron chi connectivity index (χ3n) is 4.26. The summed E-state index contributed by atoms with van der Waals surface area (Å²) in [6.45, 7) is 8.40. The smallest absolute Gasteiger partial charge is 0.163 e. The van der Waals surface area contributed by atoms with Crippen LogP contribution in [0.2, 0.25) is 0 Å². The molecule has 0 aromatic rings. The molecule has 0 radical (unpaired) electrons. The van der Waals surface area contributed by atoms with Gasteiger partial charge in [0.25, 0.3) is 0 Å². The molecular formula is C18H35NO8. The molecule has 0 bridgehead atoms. The van der Waals surface area contributed by atoms with E-state index >= 15 is 0 Å². The largest absolute Gasteiger partial charge is 0.378 e. The van der Waals surface area contributed by atoms with E-state index in [-0.39, 0.29) is 24.6 Å². The molecule has 27 heavy (non-hydrogen) atoms. The van der Waals surface area contributed by atoms with E-state index in [0.717, 1.165) is 0 Å². The predicted octanol–water partition coefficient (Wildman–Crippen LogP) is 0.293. The van der Waals surface area contributed by atoms with Crippen LogP contribution in [0.1, 0.15) is 20.3 Å². The molecule has 0 aromatic carbocycles. The maximum absolute atomic E-state index is 5.97. The van der Waals surface area contributed by atoms with Crippen molar-refractivity contribution in [3.05, 3.63) is 0 Å². The van der Waals surface area contributed by atoms with Gasteiger partial charge in [-0.3, -0.25) is 0 Å². The topological polar surface area (TPSA) is 99.9 Å². The van der Waals surface area contributed by atoms with E-state index in [9.17, 15) is 0 Å². The van der Waals surface area contributed by atoms with Gasteiger partial charge in [0.1, 0.15) is 12.2 Å². The predicted molar refractivity (Wildman–Crippen MR) is 96.4 cm³/mol. The Morgan fingerprint density at radius 1 is 0.889 bits per heavy atom. The fraction of sp³-hybridized carbons (Fsp3) is 1.00. The summed E-state index contributed by atoms with van der Waals surface area (Å²) in [6.07, 6.45) is -0.0785. The Labute approximate surface area is 161 Å². The molecular weight excluding hydrogens is 358 g/mol. The summed E-state index contributed by atoms with van der Waals surface area (Å²) in [4.78, 5) is 0. The van der Waals surface area contributed by atoms with E-state index in [1.807, 2.05) is 13.8 Å². The maximum atomic E-state index is 5.97. The Bertz CT molecular complexity index is 398. The van der Waals surface area contributed by atoms with Crippen LogP contribution >= 0.6 is 0 Å². The van der Waals surface area contributed by atoms with Gasteiger partial charge in [0.15, 0.2) is 12.1 Å². The number of hydrogen-bond donors (Lipinski definition) is 1. The first-order valence-corrected chi connectivity index (χ1v) is 9.60. The molecule has 0 spiro atoms. The number of methoxy groups -OCH3 is 1. The molecule has 9 heteroatoms. The van der Waals surface area contributed by atoms with Crippen LogP contribution in [-0.4, -0.2) is 96.9 Å². The van der Waals surface area contributed by atoms with E-state index in [1.165, 1.54) is 0 Å². The molecule has 0 aromatic heterocycles. The Kier molecular flexibility index (Phi) is 10.4. The molecule has 2 saturated heterocycles. The second kappa shape index (κ2) is 12.3. The van der Waals surface area contributed by atoms with Gasteiger partial charge >= 0.3 is 0 Å². The molecule has 0 amide bonds. The fourth-order valence-electron chi connectivity index (χ4n) is 3.11. The van der Waals surface area contributed by atoms with Crippen molar-refractivity contribution in [1.82, 2.24) is 0 Å². The lowest BCUT2D eigenvalue weighted by Crippen LogP contribution is -2.49. The van der Waals surface area contributed by atoms with Crippen molar-refractivity contribution in [1.29, 1.82) is 0 Å². The normalized spacial score (nSPS) is 29.8. The summed E-state index contributed by atoms with van der Waals surface area (Å²) in [5, 5.41) is 0. The summed E-state index contributed by atoms with van der Waals surface area (Å²) in [7, 11) is 1.63. The third-order valence-corrected chi connectivity index (χ3v) is 4.26. The molecule has 3 unspecified atom stereocenters. The molecule has 2 fully saturated rings. The lowest BCUT2D eigenvalue weighted by Gasteiger charge is -2.35. The zero-order chi connectivity index (χ0) is 19.5. The fourth-order valence-corrected chi connectivity index (χ4v) is 3.11. The highest BCUT2D eigenvalue weighted by atomic mass is 16.8. The monoisotopic (exact) mass is 393 g/mol. The van der Waals surface area contributed by atoms with E-state index in [1.54, 1.807) is 7.11 Å². The van der Waals surface area contributed by atoms with Gasteiger partial charge in [-0.25, -0.2) is 0 Å². The standard InChI is InChI=1S/C18H35NO8/c1-18(2)26-14-12-16(20-3)25-15(17(14)27-18)13-24-11-10-23-9-8-22-7-6-21-5-4-19/h14-17H,4-13,19H2,1-3H3/t14?,15?,16-,17?/m0/s1. The minimum Gasteiger partial charge on any atom is -0.378 e. The number of ether oxygens (including phenoxy) is 8. The van der Waals surface area contributed by atoms with Gasteiger partial charge in [-0.05, 0) is 13.8 Å². The molecule has 2 N–H and O–H groups in total. The zero-order valence-corrected chi connectivity index (χ0v) is 16.7. The SMILES string of the molecule is CO[C@@H]1CC2OC(C)(C)OC2C(COCCOCCOCCOCCN)O1. The quantitative estimate of drug-likeness (QED) is 0.417. The molecule has 9 nitrogen and oxygen atoms in total. The second-order valence-corrected chi connectivity index (χ2v) is 6.91. The van der Waals surface area contributed by atoms with Crippen molar-refractivity contribution >= 4 is 0 Å². The molecule has 2 aliphatic rings. The van der Waals surface area contributed by atoms with Crippen LogP contribution in [0.15, 0.2) is 0 Å². The summed E-state index contributed by atoms with van der Waals surface area (Å²) in [5.41, 5.74) is 5.32. The van der Waals surface area contributed by atoms with Crippen molar-refractivity contribution in [2.45, 2.75) is 50.7 Å². The van der Waals surface area contributed by atoms with Gasteiger partial charge in [0.05, 0.1) is 59.0 Å². The number of fused-ring (bicyclic) bond motifs is 1. The Hall–Kier alpha value is -0.360. The van der Waals surface area contributed by atoms with Crippen LogP contribution in [-0.2, 0) is 37.9 Å². The number of rotatable bonds is 14. The van der Waals surface area contributed by atoms with Crippen molar-refractivity contribution in [3.8, 4) is 0 Å². The molecule has 0 saturated carbocycles. The van der Waals surface area contributed by atoms with Gasteiger partial charge in [-0.1, -0.05) is 0 Å². The summed E-state index contributed by atoms with van der Waals surface area (Å²) in [6, 6.07) is 0. The van der Waals surface area contributed by atoms with Crippen LogP contribution in [0.25, 0.3) is 0 Å². The average molecular weight is 393 g/mol. The van der Waals surface area contributed by atoms with E-state index in [0.29, 0.717) is 65.8 Å². The van der Waals surface area contributed by atoms with E-state index in [4.69, 9.17) is 43.6 Å². The Morgan fingerprint density at radius 2 is 1.48 bits per heavy atom. The van der Waals surface area contributed by atoms with Crippen LogP contribution in [0.5, 0.6) is 0 Å². The molecule has 4 atom stereocenters. The van der Waals surface area contributed by atoms with Gasteiger partial charge in [-0.15, -0.1) is 0 Å². The molecule has 2 rings (SSSR count). The van der Waals surface area contributed by atoms with Crippen molar-refractivity contribution in [2.24, 2.45) is 5.73 Å². The van der Waals surface area contributed by atoms with Gasteiger partial charge in [0, 0.05) is 20.1 Å². The average Bonchev–Trinajstić information content (AvgIpc) is 2.96. The minimum absolute atomic E-state index is 0.0467. The Morgan fingerprint density at radius 3 is 2.07 bits per heavy atom. The highest BCUT2D eigenvalue weighted by Gasteiger charge is 2.50. The first-order valence-electron chi connectivity index (χ1n) is 9.60. The zero-order valence-electron chi connectivity index (χ0n) is 16.7. The van der Waals surface area contributed by atoms with Crippen LogP contribution in [0.3, 0.4) is 0 Å². The highest BCUT2D eigenvalue weighted by Crippen LogP contribution is 2.37.